The van der Waals surface area contributed by atoms with Gasteiger partial charge in [0.05, 0.1) is 5.69 Å². The maximum atomic E-state index is 4.61. The molecule has 1 aromatic heterocycles. The fourth-order valence-electron chi connectivity index (χ4n) is 2.55. The Bertz CT molecular complexity index is 370. The van der Waals surface area contributed by atoms with E-state index in [-0.39, 0.29) is 0 Å². The van der Waals surface area contributed by atoms with Gasteiger partial charge in [-0.15, -0.1) is 0 Å². The minimum Gasteiger partial charge on any atom is -0.313 e. The molecule has 1 unspecified atom stereocenters. The first kappa shape index (κ1) is 13.5. The summed E-state index contributed by atoms with van der Waals surface area (Å²) in [7, 11) is 0. The van der Waals surface area contributed by atoms with Crippen molar-refractivity contribution >= 4 is 0 Å². The zero-order valence-electron chi connectivity index (χ0n) is 11.8. The smallest absolute Gasteiger partial charge is 0.0547 e. The van der Waals surface area contributed by atoms with Crippen LogP contribution in [0.1, 0.15) is 38.1 Å². The van der Waals surface area contributed by atoms with Crippen molar-refractivity contribution in [3.8, 4) is 0 Å². The Morgan fingerprint density at radius 1 is 1.44 bits per heavy atom. The highest BCUT2D eigenvalue weighted by molar-refractivity contribution is 5.10. The quantitative estimate of drug-likeness (QED) is 0.865. The second kappa shape index (κ2) is 6.30. The predicted octanol–water partition coefficient (Wildman–Crippen LogP) is 2.35. The van der Waals surface area contributed by atoms with Crippen molar-refractivity contribution in [2.24, 2.45) is 0 Å². The highest BCUT2D eigenvalue weighted by Crippen LogP contribution is 2.12. The molecule has 18 heavy (non-hydrogen) atoms. The molecule has 1 aromatic rings. The van der Waals surface area contributed by atoms with E-state index in [4.69, 9.17) is 0 Å². The van der Waals surface area contributed by atoms with Gasteiger partial charge < -0.3 is 5.32 Å². The molecule has 2 rings (SSSR count). The third kappa shape index (κ3) is 3.79. The summed E-state index contributed by atoms with van der Waals surface area (Å²) in [6.45, 7) is 9.86. The van der Waals surface area contributed by atoms with Gasteiger partial charge in [0.15, 0.2) is 0 Å². The summed E-state index contributed by atoms with van der Waals surface area (Å²) in [4.78, 5) is 7.13. The second-order valence-electron chi connectivity index (χ2n) is 5.59. The van der Waals surface area contributed by atoms with Gasteiger partial charge >= 0.3 is 0 Å². The standard InChI is InChI=1S/C15H25N3/c1-12(2)18(10-14-8-5-9-16-14)11-15-7-4-6-13(3)17-15/h4,6-7,12,14,16H,5,8-11H2,1-3H3. The fraction of sp³-hybridized carbons (Fsp3) is 0.667. The van der Waals surface area contributed by atoms with E-state index >= 15 is 0 Å². The Balaban J connectivity index is 1.97. The summed E-state index contributed by atoms with van der Waals surface area (Å²) < 4.78 is 0. The van der Waals surface area contributed by atoms with Crippen molar-refractivity contribution < 1.29 is 0 Å². The summed E-state index contributed by atoms with van der Waals surface area (Å²) >= 11 is 0. The lowest BCUT2D eigenvalue weighted by molar-refractivity contribution is 0.192. The summed E-state index contributed by atoms with van der Waals surface area (Å²) in [5.74, 6) is 0. The topological polar surface area (TPSA) is 28.2 Å². The SMILES string of the molecule is Cc1cccc(CN(CC2CCCN2)C(C)C)n1. The average molecular weight is 247 g/mol. The van der Waals surface area contributed by atoms with E-state index in [0.717, 1.165) is 18.8 Å². The van der Waals surface area contributed by atoms with Crippen LogP contribution in [0.25, 0.3) is 0 Å². The van der Waals surface area contributed by atoms with Gasteiger partial charge in [-0.05, 0) is 52.3 Å². The summed E-state index contributed by atoms with van der Waals surface area (Å²) in [5, 5.41) is 3.58. The van der Waals surface area contributed by atoms with Crippen LogP contribution >= 0.6 is 0 Å². The van der Waals surface area contributed by atoms with E-state index in [1.165, 1.54) is 25.1 Å². The first-order chi connectivity index (χ1) is 8.65. The predicted molar refractivity (Wildman–Crippen MR) is 75.5 cm³/mol. The van der Waals surface area contributed by atoms with Crippen LogP contribution in [0.2, 0.25) is 0 Å². The Labute approximate surface area is 111 Å². The van der Waals surface area contributed by atoms with Crippen molar-refractivity contribution in [1.82, 2.24) is 15.2 Å². The number of hydrogen-bond acceptors (Lipinski definition) is 3. The van der Waals surface area contributed by atoms with Gasteiger partial charge in [-0.2, -0.15) is 0 Å². The van der Waals surface area contributed by atoms with Crippen LogP contribution in [0.4, 0.5) is 0 Å². The average Bonchev–Trinajstić information content (AvgIpc) is 2.81. The van der Waals surface area contributed by atoms with Crippen molar-refractivity contribution in [2.75, 3.05) is 13.1 Å². The van der Waals surface area contributed by atoms with Gasteiger partial charge in [0.1, 0.15) is 0 Å². The van der Waals surface area contributed by atoms with Crippen LogP contribution in [0.3, 0.4) is 0 Å². The van der Waals surface area contributed by atoms with Gasteiger partial charge in [-0.1, -0.05) is 6.07 Å². The Kier molecular flexibility index (Phi) is 4.72. The molecule has 0 saturated carbocycles. The van der Waals surface area contributed by atoms with Crippen molar-refractivity contribution in [3.63, 3.8) is 0 Å². The van der Waals surface area contributed by atoms with Crippen molar-refractivity contribution in [2.45, 2.75) is 52.2 Å². The zero-order chi connectivity index (χ0) is 13.0. The Morgan fingerprint density at radius 3 is 2.89 bits per heavy atom. The lowest BCUT2D eigenvalue weighted by Gasteiger charge is -2.29. The van der Waals surface area contributed by atoms with Crippen LogP contribution in [0.5, 0.6) is 0 Å². The van der Waals surface area contributed by atoms with Crippen LogP contribution < -0.4 is 5.32 Å². The summed E-state index contributed by atoms with van der Waals surface area (Å²) in [6.07, 6.45) is 2.63. The van der Waals surface area contributed by atoms with Crippen LogP contribution in [0.15, 0.2) is 18.2 Å². The van der Waals surface area contributed by atoms with Crippen molar-refractivity contribution in [1.29, 1.82) is 0 Å². The molecule has 3 nitrogen and oxygen atoms in total. The molecule has 0 spiro atoms. The normalized spacial score (nSPS) is 19.9. The second-order valence-corrected chi connectivity index (χ2v) is 5.59. The molecule has 0 amide bonds. The first-order valence-electron chi connectivity index (χ1n) is 7.05. The van der Waals surface area contributed by atoms with Gasteiger partial charge in [0.2, 0.25) is 0 Å². The third-order valence-electron chi connectivity index (χ3n) is 3.66. The molecule has 0 bridgehead atoms. The molecular weight excluding hydrogens is 222 g/mol. The molecule has 3 heteroatoms. The highest BCUT2D eigenvalue weighted by Gasteiger charge is 2.20. The minimum absolute atomic E-state index is 0.565. The maximum absolute atomic E-state index is 4.61. The molecule has 1 aliphatic rings. The van der Waals surface area contributed by atoms with E-state index in [1.807, 2.05) is 0 Å². The van der Waals surface area contributed by atoms with Gasteiger partial charge in [-0.3, -0.25) is 9.88 Å². The third-order valence-corrected chi connectivity index (χ3v) is 3.66. The van der Waals surface area contributed by atoms with E-state index in [9.17, 15) is 0 Å². The van der Waals surface area contributed by atoms with Crippen LogP contribution in [-0.4, -0.2) is 35.1 Å². The minimum atomic E-state index is 0.565. The molecule has 0 aliphatic carbocycles. The van der Waals surface area contributed by atoms with Crippen molar-refractivity contribution in [3.05, 3.63) is 29.6 Å². The Hall–Kier alpha value is -0.930. The number of pyridine rings is 1. The lowest BCUT2D eigenvalue weighted by Crippen LogP contribution is -2.40. The number of hydrogen-bond donors (Lipinski definition) is 1. The lowest BCUT2D eigenvalue weighted by atomic mass is 10.1. The number of aryl methyl sites for hydroxylation is 1. The van der Waals surface area contributed by atoms with Gasteiger partial charge in [-0.25, -0.2) is 0 Å². The number of rotatable bonds is 5. The molecule has 1 aliphatic heterocycles. The van der Waals surface area contributed by atoms with Crippen LogP contribution in [0, 0.1) is 6.92 Å². The zero-order valence-corrected chi connectivity index (χ0v) is 11.8. The van der Waals surface area contributed by atoms with E-state index in [2.05, 4.69) is 54.2 Å². The molecular formula is C15H25N3. The Morgan fingerprint density at radius 2 is 2.28 bits per heavy atom. The van der Waals surface area contributed by atoms with Crippen LogP contribution in [-0.2, 0) is 6.54 Å². The highest BCUT2D eigenvalue weighted by atomic mass is 15.2. The summed E-state index contributed by atoms with van der Waals surface area (Å²) in [6, 6.07) is 7.52. The first-order valence-corrected chi connectivity index (χ1v) is 7.05. The van der Waals surface area contributed by atoms with Gasteiger partial charge in [0.25, 0.3) is 0 Å². The molecule has 100 valence electrons. The molecule has 0 aromatic carbocycles. The number of aromatic nitrogens is 1. The van der Waals surface area contributed by atoms with Gasteiger partial charge in [0, 0.05) is 30.9 Å². The molecule has 1 fully saturated rings. The molecule has 0 radical (unpaired) electrons. The summed E-state index contributed by atoms with van der Waals surface area (Å²) in [5.41, 5.74) is 2.29. The fourth-order valence-corrected chi connectivity index (χ4v) is 2.55. The molecule has 2 heterocycles. The molecule has 1 saturated heterocycles. The van der Waals surface area contributed by atoms with E-state index in [1.54, 1.807) is 0 Å². The maximum Gasteiger partial charge on any atom is 0.0547 e. The largest absolute Gasteiger partial charge is 0.313 e. The monoisotopic (exact) mass is 247 g/mol. The van der Waals surface area contributed by atoms with E-state index in [0.29, 0.717) is 12.1 Å². The number of nitrogens with zero attached hydrogens (tertiary/aromatic N) is 2. The van der Waals surface area contributed by atoms with E-state index < -0.39 is 0 Å². The number of nitrogens with one attached hydrogen (secondary N) is 1. The molecule has 1 N–H and O–H groups in total. The molecule has 1 atom stereocenters.